The fourth-order valence-corrected chi connectivity index (χ4v) is 1.57. The summed E-state index contributed by atoms with van der Waals surface area (Å²) in [6.07, 6.45) is 2.85. The number of aromatic nitrogens is 3. The number of carbonyl (C=O) groups is 1. The Labute approximate surface area is 119 Å². The zero-order valence-electron chi connectivity index (χ0n) is 10.8. The van der Waals surface area contributed by atoms with Gasteiger partial charge < -0.3 is 9.47 Å². The summed E-state index contributed by atoms with van der Waals surface area (Å²) in [5, 5.41) is 2.79. The SMILES string of the molecule is COc1cc(OC)nc(NC(=O)c2cnccc2Cl)n1. The van der Waals surface area contributed by atoms with E-state index in [9.17, 15) is 4.79 Å². The Bertz CT molecular complexity index is 614. The minimum atomic E-state index is -0.474. The Morgan fingerprint density at radius 2 is 1.90 bits per heavy atom. The Morgan fingerprint density at radius 3 is 2.45 bits per heavy atom. The van der Waals surface area contributed by atoms with E-state index < -0.39 is 5.91 Å². The quantitative estimate of drug-likeness (QED) is 0.925. The third-order valence-electron chi connectivity index (χ3n) is 2.34. The minimum absolute atomic E-state index is 0.0473. The number of nitrogens with one attached hydrogen (secondary N) is 1. The molecule has 2 heterocycles. The number of anilines is 1. The van der Waals surface area contributed by atoms with E-state index in [-0.39, 0.29) is 28.3 Å². The summed E-state index contributed by atoms with van der Waals surface area (Å²) in [5.74, 6) is 0.110. The van der Waals surface area contributed by atoms with Crippen LogP contribution < -0.4 is 14.8 Å². The molecule has 0 radical (unpaired) electrons. The highest BCUT2D eigenvalue weighted by Gasteiger charge is 2.13. The van der Waals surface area contributed by atoms with Gasteiger partial charge in [0.25, 0.3) is 5.91 Å². The maximum atomic E-state index is 12.0. The Kier molecular flexibility index (Phi) is 4.31. The number of hydrogen-bond donors (Lipinski definition) is 1. The predicted molar refractivity (Wildman–Crippen MR) is 72.3 cm³/mol. The van der Waals surface area contributed by atoms with E-state index in [1.807, 2.05) is 0 Å². The first-order valence-corrected chi connectivity index (χ1v) is 5.89. The van der Waals surface area contributed by atoms with Crippen LogP contribution in [0, 0.1) is 0 Å². The van der Waals surface area contributed by atoms with Crippen LogP contribution in [-0.4, -0.2) is 35.1 Å². The van der Waals surface area contributed by atoms with Gasteiger partial charge in [0.1, 0.15) is 0 Å². The van der Waals surface area contributed by atoms with Crippen LogP contribution in [0.5, 0.6) is 11.8 Å². The van der Waals surface area contributed by atoms with Crippen LogP contribution in [-0.2, 0) is 0 Å². The molecule has 7 nitrogen and oxygen atoms in total. The van der Waals surface area contributed by atoms with E-state index in [4.69, 9.17) is 21.1 Å². The Balaban J connectivity index is 2.26. The molecule has 1 amide bonds. The van der Waals surface area contributed by atoms with Gasteiger partial charge in [0.2, 0.25) is 17.7 Å². The van der Waals surface area contributed by atoms with Crippen molar-refractivity contribution in [2.45, 2.75) is 0 Å². The monoisotopic (exact) mass is 294 g/mol. The molecule has 0 aliphatic heterocycles. The van der Waals surface area contributed by atoms with Gasteiger partial charge in [-0.25, -0.2) is 0 Å². The number of amides is 1. The molecule has 2 aromatic rings. The molecule has 0 fully saturated rings. The summed E-state index contributed by atoms with van der Waals surface area (Å²) in [6.45, 7) is 0. The molecular weight excluding hydrogens is 284 g/mol. The largest absolute Gasteiger partial charge is 0.481 e. The van der Waals surface area contributed by atoms with Crippen LogP contribution in [0.15, 0.2) is 24.5 Å². The van der Waals surface area contributed by atoms with Gasteiger partial charge in [-0.3, -0.25) is 15.1 Å². The number of hydrogen-bond acceptors (Lipinski definition) is 6. The van der Waals surface area contributed by atoms with E-state index >= 15 is 0 Å². The van der Waals surface area contributed by atoms with Crippen LogP contribution >= 0.6 is 11.6 Å². The summed E-state index contributed by atoms with van der Waals surface area (Å²) < 4.78 is 9.98. The number of halogens is 1. The Morgan fingerprint density at radius 1 is 1.25 bits per heavy atom. The van der Waals surface area contributed by atoms with Gasteiger partial charge in [-0.05, 0) is 6.07 Å². The summed E-state index contributed by atoms with van der Waals surface area (Å²) in [7, 11) is 2.90. The lowest BCUT2D eigenvalue weighted by Crippen LogP contribution is -2.15. The van der Waals surface area contributed by atoms with Gasteiger partial charge in [0.15, 0.2) is 0 Å². The lowest BCUT2D eigenvalue weighted by atomic mass is 10.3. The predicted octanol–water partition coefficient (Wildman–Crippen LogP) is 1.79. The zero-order chi connectivity index (χ0) is 14.5. The van der Waals surface area contributed by atoms with Crippen molar-refractivity contribution in [2.75, 3.05) is 19.5 Å². The molecule has 2 aromatic heterocycles. The number of nitrogens with zero attached hydrogens (tertiary/aromatic N) is 3. The molecule has 0 atom stereocenters. The first kappa shape index (κ1) is 14.0. The molecule has 0 aliphatic carbocycles. The molecule has 20 heavy (non-hydrogen) atoms. The van der Waals surface area contributed by atoms with Gasteiger partial charge in [-0.15, -0.1) is 0 Å². The first-order valence-electron chi connectivity index (χ1n) is 5.52. The molecule has 0 spiro atoms. The highest BCUT2D eigenvalue weighted by molar-refractivity contribution is 6.34. The van der Waals surface area contributed by atoms with Gasteiger partial charge in [0, 0.05) is 12.4 Å². The number of ether oxygens (including phenoxy) is 2. The second kappa shape index (κ2) is 6.16. The second-order valence-electron chi connectivity index (χ2n) is 3.59. The maximum absolute atomic E-state index is 12.0. The van der Waals surface area contributed by atoms with Crippen molar-refractivity contribution in [2.24, 2.45) is 0 Å². The highest BCUT2D eigenvalue weighted by Crippen LogP contribution is 2.19. The molecular formula is C12H11ClN4O3. The third-order valence-corrected chi connectivity index (χ3v) is 2.66. The van der Waals surface area contributed by atoms with Crippen molar-refractivity contribution in [3.05, 3.63) is 35.1 Å². The molecule has 0 aromatic carbocycles. The highest BCUT2D eigenvalue weighted by atomic mass is 35.5. The van der Waals surface area contributed by atoms with Crippen LogP contribution in [0.1, 0.15) is 10.4 Å². The molecule has 1 N–H and O–H groups in total. The van der Waals surface area contributed by atoms with Gasteiger partial charge >= 0.3 is 0 Å². The Hall–Kier alpha value is -2.41. The molecule has 2 rings (SSSR count). The molecule has 0 saturated heterocycles. The topological polar surface area (TPSA) is 86.2 Å². The van der Waals surface area contributed by atoms with Crippen LogP contribution in [0.3, 0.4) is 0 Å². The lowest BCUT2D eigenvalue weighted by molar-refractivity contribution is 0.102. The van der Waals surface area contributed by atoms with Crippen molar-refractivity contribution in [1.82, 2.24) is 15.0 Å². The molecule has 104 valence electrons. The molecule has 0 saturated carbocycles. The zero-order valence-corrected chi connectivity index (χ0v) is 11.5. The van der Waals surface area contributed by atoms with E-state index in [0.29, 0.717) is 0 Å². The van der Waals surface area contributed by atoms with Crippen LogP contribution in [0.2, 0.25) is 5.02 Å². The molecule has 0 unspecified atom stereocenters. The average molecular weight is 295 g/mol. The van der Waals surface area contributed by atoms with Crippen molar-refractivity contribution in [3.8, 4) is 11.8 Å². The fraction of sp³-hybridized carbons (Fsp3) is 0.167. The number of rotatable bonds is 4. The summed E-state index contributed by atoms with van der Waals surface area (Å²) >= 11 is 5.91. The molecule has 0 bridgehead atoms. The first-order chi connectivity index (χ1) is 9.63. The van der Waals surface area contributed by atoms with Crippen molar-refractivity contribution in [3.63, 3.8) is 0 Å². The number of carbonyl (C=O) groups excluding carboxylic acids is 1. The fourth-order valence-electron chi connectivity index (χ4n) is 1.38. The second-order valence-corrected chi connectivity index (χ2v) is 3.99. The summed E-state index contributed by atoms with van der Waals surface area (Å²) in [5.41, 5.74) is 0.222. The lowest BCUT2D eigenvalue weighted by Gasteiger charge is -2.08. The van der Waals surface area contributed by atoms with Crippen molar-refractivity contribution >= 4 is 23.5 Å². The van der Waals surface area contributed by atoms with E-state index in [2.05, 4.69) is 20.3 Å². The van der Waals surface area contributed by atoms with Gasteiger partial charge in [-0.2, -0.15) is 9.97 Å². The van der Waals surface area contributed by atoms with E-state index in [1.54, 1.807) is 0 Å². The van der Waals surface area contributed by atoms with Crippen LogP contribution in [0.4, 0.5) is 5.95 Å². The number of methoxy groups -OCH3 is 2. The number of pyridine rings is 1. The van der Waals surface area contributed by atoms with E-state index in [0.717, 1.165) is 0 Å². The smallest absolute Gasteiger partial charge is 0.261 e. The summed E-state index contributed by atoms with van der Waals surface area (Å²) in [6, 6.07) is 3.01. The normalized spacial score (nSPS) is 9.95. The molecule has 8 heteroatoms. The minimum Gasteiger partial charge on any atom is -0.481 e. The maximum Gasteiger partial charge on any atom is 0.261 e. The average Bonchev–Trinajstić information content (AvgIpc) is 2.47. The van der Waals surface area contributed by atoms with Crippen molar-refractivity contribution in [1.29, 1.82) is 0 Å². The molecule has 0 aliphatic rings. The third kappa shape index (κ3) is 3.12. The van der Waals surface area contributed by atoms with E-state index in [1.165, 1.54) is 38.7 Å². The van der Waals surface area contributed by atoms with Gasteiger partial charge in [-0.1, -0.05) is 11.6 Å². The van der Waals surface area contributed by atoms with Crippen LogP contribution in [0.25, 0.3) is 0 Å². The summed E-state index contributed by atoms with van der Waals surface area (Å²) in [4.78, 5) is 23.8. The van der Waals surface area contributed by atoms with Gasteiger partial charge in [0.05, 0.1) is 30.9 Å². The van der Waals surface area contributed by atoms with Crippen molar-refractivity contribution < 1.29 is 14.3 Å². The standard InChI is InChI=1S/C12H11ClN4O3/c1-19-9-5-10(20-2)16-12(15-9)17-11(18)7-6-14-4-3-8(7)13/h3-6H,1-2H3,(H,15,16,17,18).